The molecule has 92 valence electrons. The molecule has 1 heterocycles. The molecule has 2 atom stereocenters. The van der Waals surface area contributed by atoms with Crippen molar-refractivity contribution in [3.05, 3.63) is 10.6 Å². The Bertz CT molecular complexity index is 298. The first kappa shape index (κ1) is 13.6. The largest absolute Gasteiger partial charge is 0.312 e. The summed E-state index contributed by atoms with van der Waals surface area (Å²) < 4.78 is 4.07. The smallest absolute Gasteiger partial charge is 0.0800 e. The molecule has 2 unspecified atom stereocenters. The molecule has 0 saturated heterocycles. The van der Waals surface area contributed by atoms with Gasteiger partial charge >= 0.3 is 0 Å². The zero-order chi connectivity index (χ0) is 12.0. The van der Waals surface area contributed by atoms with E-state index in [0.29, 0.717) is 6.04 Å². The Morgan fingerprint density at radius 3 is 2.69 bits per heavy atom. The van der Waals surface area contributed by atoms with Crippen LogP contribution in [0, 0.1) is 5.92 Å². The van der Waals surface area contributed by atoms with Gasteiger partial charge in [-0.3, -0.25) is 0 Å². The van der Waals surface area contributed by atoms with Gasteiger partial charge in [-0.15, -0.1) is 5.10 Å². The van der Waals surface area contributed by atoms with Crippen LogP contribution < -0.4 is 5.32 Å². The molecule has 0 spiro atoms. The molecule has 0 aliphatic rings. The fraction of sp³-hybridized carbons (Fsp3) is 0.833. The Morgan fingerprint density at radius 2 is 2.12 bits per heavy atom. The number of hydrogen-bond donors (Lipinski definition) is 1. The second-order valence-corrected chi connectivity index (χ2v) is 5.19. The molecule has 0 fully saturated rings. The fourth-order valence-electron chi connectivity index (χ4n) is 2.09. The molecule has 0 saturated carbocycles. The summed E-state index contributed by atoms with van der Waals surface area (Å²) >= 11 is 1.54. The first-order valence-electron chi connectivity index (χ1n) is 6.21. The van der Waals surface area contributed by atoms with E-state index in [9.17, 15) is 0 Å². The van der Waals surface area contributed by atoms with Crippen molar-refractivity contribution in [2.75, 3.05) is 7.05 Å². The van der Waals surface area contributed by atoms with Gasteiger partial charge in [-0.05, 0) is 37.3 Å². The Balaban J connectivity index is 2.66. The molecule has 1 rings (SSSR count). The molecule has 16 heavy (non-hydrogen) atoms. The first-order chi connectivity index (χ1) is 7.72. The Hall–Kier alpha value is -0.480. The number of aryl methyl sites for hydroxylation is 1. The number of aromatic nitrogens is 2. The van der Waals surface area contributed by atoms with Crippen molar-refractivity contribution in [1.82, 2.24) is 14.9 Å². The Morgan fingerprint density at radius 1 is 1.38 bits per heavy atom. The summed E-state index contributed by atoms with van der Waals surface area (Å²) in [6.45, 7) is 6.72. The standard InChI is InChI=1S/C12H23N3S/c1-5-7-9(3)8-11(13-4)12-10(6-2)14-15-16-12/h9,11,13H,5-8H2,1-4H3. The van der Waals surface area contributed by atoms with Crippen LogP contribution in [-0.4, -0.2) is 16.6 Å². The van der Waals surface area contributed by atoms with E-state index in [2.05, 4.69) is 35.7 Å². The Labute approximate surface area is 103 Å². The van der Waals surface area contributed by atoms with Gasteiger partial charge in [0.2, 0.25) is 0 Å². The van der Waals surface area contributed by atoms with E-state index in [4.69, 9.17) is 0 Å². The predicted octanol–water partition coefficient (Wildman–Crippen LogP) is 3.19. The maximum absolute atomic E-state index is 4.19. The van der Waals surface area contributed by atoms with Crippen LogP contribution >= 0.6 is 11.5 Å². The first-order valence-corrected chi connectivity index (χ1v) is 6.98. The zero-order valence-electron chi connectivity index (χ0n) is 10.8. The van der Waals surface area contributed by atoms with E-state index in [1.807, 2.05) is 7.05 Å². The van der Waals surface area contributed by atoms with Gasteiger partial charge in [-0.1, -0.05) is 38.1 Å². The maximum atomic E-state index is 4.19. The average Bonchev–Trinajstić information content (AvgIpc) is 2.74. The minimum Gasteiger partial charge on any atom is -0.312 e. The lowest BCUT2D eigenvalue weighted by molar-refractivity contribution is 0.409. The second-order valence-electron chi connectivity index (χ2n) is 4.41. The van der Waals surface area contributed by atoms with Crippen LogP contribution in [0.2, 0.25) is 0 Å². The van der Waals surface area contributed by atoms with E-state index in [-0.39, 0.29) is 0 Å². The lowest BCUT2D eigenvalue weighted by Gasteiger charge is -2.19. The molecule has 0 aromatic carbocycles. The van der Waals surface area contributed by atoms with E-state index < -0.39 is 0 Å². The van der Waals surface area contributed by atoms with Crippen molar-refractivity contribution in [3.8, 4) is 0 Å². The van der Waals surface area contributed by atoms with Gasteiger partial charge in [0.05, 0.1) is 10.6 Å². The highest BCUT2D eigenvalue weighted by atomic mass is 32.1. The average molecular weight is 241 g/mol. The predicted molar refractivity (Wildman–Crippen MR) is 69.8 cm³/mol. The molecule has 4 heteroatoms. The lowest BCUT2D eigenvalue weighted by atomic mass is 9.96. The third-order valence-corrected chi connectivity index (χ3v) is 3.88. The summed E-state index contributed by atoms with van der Waals surface area (Å²) in [5, 5.41) is 7.58. The SMILES string of the molecule is CCCC(C)CC(NC)c1snnc1CC. The summed E-state index contributed by atoms with van der Waals surface area (Å²) in [6.07, 6.45) is 4.72. The normalized spacial score (nSPS) is 15.0. The van der Waals surface area contributed by atoms with Crippen molar-refractivity contribution < 1.29 is 0 Å². The van der Waals surface area contributed by atoms with E-state index >= 15 is 0 Å². The summed E-state index contributed by atoms with van der Waals surface area (Å²) in [4.78, 5) is 1.33. The number of nitrogens with one attached hydrogen (secondary N) is 1. The molecule has 0 amide bonds. The topological polar surface area (TPSA) is 37.8 Å². The van der Waals surface area contributed by atoms with E-state index in [1.165, 1.54) is 24.1 Å². The zero-order valence-corrected chi connectivity index (χ0v) is 11.6. The summed E-state index contributed by atoms with van der Waals surface area (Å²) in [5.41, 5.74) is 1.16. The van der Waals surface area contributed by atoms with Crippen molar-refractivity contribution in [1.29, 1.82) is 0 Å². The molecule has 0 aliphatic carbocycles. The van der Waals surface area contributed by atoms with Crippen molar-refractivity contribution in [3.63, 3.8) is 0 Å². The van der Waals surface area contributed by atoms with Crippen LogP contribution in [0.4, 0.5) is 0 Å². The van der Waals surface area contributed by atoms with Gasteiger partial charge in [0, 0.05) is 6.04 Å². The molecular formula is C12H23N3S. The summed E-state index contributed by atoms with van der Waals surface area (Å²) in [7, 11) is 2.03. The van der Waals surface area contributed by atoms with E-state index in [0.717, 1.165) is 18.0 Å². The highest BCUT2D eigenvalue weighted by molar-refractivity contribution is 7.05. The van der Waals surface area contributed by atoms with Gasteiger partial charge in [-0.25, -0.2) is 0 Å². The molecule has 0 aliphatic heterocycles. The maximum Gasteiger partial charge on any atom is 0.0800 e. The second kappa shape index (κ2) is 6.97. The van der Waals surface area contributed by atoms with Crippen LogP contribution in [0.25, 0.3) is 0 Å². The quantitative estimate of drug-likeness (QED) is 0.796. The van der Waals surface area contributed by atoms with Crippen molar-refractivity contribution in [2.45, 2.75) is 52.5 Å². The van der Waals surface area contributed by atoms with E-state index in [1.54, 1.807) is 11.5 Å². The summed E-state index contributed by atoms with van der Waals surface area (Å²) in [6, 6.07) is 0.427. The highest BCUT2D eigenvalue weighted by Gasteiger charge is 2.18. The molecule has 0 bridgehead atoms. The van der Waals surface area contributed by atoms with Crippen LogP contribution in [0.5, 0.6) is 0 Å². The molecule has 0 radical (unpaired) electrons. The highest BCUT2D eigenvalue weighted by Crippen LogP contribution is 2.27. The fourth-order valence-corrected chi connectivity index (χ4v) is 2.95. The minimum atomic E-state index is 0.427. The van der Waals surface area contributed by atoms with Crippen LogP contribution in [0.3, 0.4) is 0 Å². The number of nitrogens with zero attached hydrogens (tertiary/aromatic N) is 2. The van der Waals surface area contributed by atoms with Crippen LogP contribution in [0.15, 0.2) is 0 Å². The third-order valence-electron chi connectivity index (χ3n) is 3.00. The number of hydrogen-bond acceptors (Lipinski definition) is 4. The minimum absolute atomic E-state index is 0.427. The van der Waals surface area contributed by atoms with Gasteiger partial charge in [0.25, 0.3) is 0 Å². The van der Waals surface area contributed by atoms with Gasteiger partial charge in [0.15, 0.2) is 0 Å². The van der Waals surface area contributed by atoms with Crippen molar-refractivity contribution in [2.24, 2.45) is 5.92 Å². The monoisotopic (exact) mass is 241 g/mol. The molecule has 1 N–H and O–H groups in total. The Kier molecular flexibility index (Phi) is 5.91. The van der Waals surface area contributed by atoms with Crippen LogP contribution in [-0.2, 0) is 6.42 Å². The lowest BCUT2D eigenvalue weighted by Crippen LogP contribution is -2.19. The number of rotatable bonds is 7. The van der Waals surface area contributed by atoms with Gasteiger partial charge < -0.3 is 5.32 Å². The van der Waals surface area contributed by atoms with Crippen molar-refractivity contribution >= 4 is 11.5 Å². The van der Waals surface area contributed by atoms with Crippen LogP contribution in [0.1, 0.15) is 56.6 Å². The molecule has 1 aromatic heterocycles. The summed E-state index contributed by atoms with van der Waals surface area (Å²) in [5.74, 6) is 0.759. The van der Waals surface area contributed by atoms with Gasteiger partial charge in [0.1, 0.15) is 0 Å². The molecule has 3 nitrogen and oxygen atoms in total. The molecular weight excluding hydrogens is 218 g/mol. The molecule has 1 aromatic rings. The third kappa shape index (κ3) is 3.52. The van der Waals surface area contributed by atoms with Gasteiger partial charge in [-0.2, -0.15) is 0 Å².